The minimum atomic E-state index is -1.14. The van der Waals surface area contributed by atoms with E-state index < -0.39 is 17.7 Å². The topological polar surface area (TPSA) is 75.2 Å². The Kier molecular flexibility index (Phi) is 5.26. The zero-order valence-electron chi connectivity index (χ0n) is 17.0. The van der Waals surface area contributed by atoms with Crippen molar-refractivity contribution < 1.29 is 14.6 Å². The molecular weight excluding hydrogens is 376 g/mol. The summed E-state index contributed by atoms with van der Waals surface area (Å²) in [6.07, 6.45) is -1.14. The maximum absolute atomic E-state index is 12.2. The van der Waals surface area contributed by atoms with Gasteiger partial charge in [-0.1, -0.05) is 23.7 Å². The Morgan fingerprint density at radius 2 is 1.79 bits per heavy atom. The summed E-state index contributed by atoms with van der Waals surface area (Å²) >= 11 is 6.09. The van der Waals surface area contributed by atoms with Crippen molar-refractivity contribution in [1.82, 2.24) is 9.97 Å². The SMILES string of the molecule is Cc1nc2[nH]c(C)c(C)c2c(-c2ccc(Cl)cc2)c1C(OC(C)(C)C)C(=O)O. The second-order valence-corrected chi connectivity index (χ2v) is 8.48. The normalized spacial score (nSPS) is 13.1. The van der Waals surface area contributed by atoms with Crippen LogP contribution in [0.5, 0.6) is 0 Å². The average Bonchev–Trinajstić information content (AvgIpc) is 2.86. The lowest BCUT2D eigenvalue weighted by Gasteiger charge is -2.28. The van der Waals surface area contributed by atoms with Crippen LogP contribution >= 0.6 is 11.6 Å². The van der Waals surface area contributed by atoms with Gasteiger partial charge in [0, 0.05) is 32.9 Å². The van der Waals surface area contributed by atoms with Crippen molar-refractivity contribution >= 4 is 28.6 Å². The molecule has 0 aliphatic carbocycles. The number of pyridine rings is 1. The summed E-state index contributed by atoms with van der Waals surface area (Å²) in [5, 5.41) is 11.5. The number of hydrogen-bond acceptors (Lipinski definition) is 3. The molecule has 0 amide bonds. The van der Waals surface area contributed by atoms with Crippen molar-refractivity contribution in [1.29, 1.82) is 0 Å². The van der Waals surface area contributed by atoms with E-state index in [4.69, 9.17) is 16.3 Å². The molecule has 0 radical (unpaired) electrons. The highest BCUT2D eigenvalue weighted by atomic mass is 35.5. The van der Waals surface area contributed by atoms with Gasteiger partial charge in [-0.25, -0.2) is 9.78 Å². The minimum absolute atomic E-state index is 0.569. The zero-order chi connectivity index (χ0) is 20.8. The molecule has 1 unspecified atom stereocenters. The summed E-state index contributed by atoms with van der Waals surface area (Å²) in [4.78, 5) is 20.2. The third-order valence-corrected chi connectivity index (χ3v) is 5.01. The molecule has 0 saturated heterocycles. The van der Waals surface area contributed by atoms with Crippen molar-refractivity contribution in [3.05, 3.63) is 51.8 Å². The summed E-state index contributed by atoms with van der Waals surface area (Å²) in [6.45, 7) is 11.3. The molecule has 0 bridgehead atoms. The highest BCUT2D eigenvalue weighted by Crippen LogP contribution is 2.41. The molecule has 5 nitrogen and oxygen atoms in total. The number of fused-ring (bicyclic) bond motifs is 1. The number of carbonyl (C=O) groups is 1. The summed E-state index contributed by atoms with van der Waals surface area (Å²) in [5.41, 5.74) is 5.02. The number of ether oxygens (including phenoxy) is 1. The molecule has 0 fully saturated rings. The molecule has 1 atom stereocenters. The van der Waals surface area contributed by atoms with E-state index in [1.54, 1.807) is 12.1 Å². The summed E-state index contributed by atoms with van der Waals surface area (Å²) in [7, 11) is 0. The third-order valence-electron chi connectivity index (χ3n) is 4.76. The van der Waals surface area contributed by atoms with Crippen molar-refractivity contribution in [2.24, 2.45) is 0 Å². The minimum Gasteiger partial charge on any atom is -0.479 e. The number of H-pyrrole nitrogens is 1. The van der Waals surface area contributed by atoms with Crippen LogP contribution < -0.4 is 0 Å². The fourth-order valence-electron chi connectivity index (χ4n) is 3.46. The van der Waals surface area contributed by atoms with Crippen LogP contribution in [0.2, 0.25) is 5.02 Å². The van der Waals surface area contributed by atoms with Crippen molar-refractivity contribution in [2.75, 3.05) is 0 Å². The van der Waals surface area contributed by atoms with E-state index in [1.165, 1.54) is 0 Å². The molecular formula is C22H25ClN2O3. The van der Waals surface area contributed by atoms with Gasteiger partial charge in [0.2, 0.25) is 0 Å². The fourth-order valence-corrected chi connectivity index (χ4v) is 3.58. The molecule has 2 heterocycles. The Bertz CT molecular complexity index is 1050. The van der Waals surface area contributed by atoms with Crippen LogP contribution in [0.25, 0.3) is 22.2 Å². The number of aryl methyl sites for hydroxylation is 3. The van der Waals surface area contributed by atoms with E-state index in [0.29, 0.717) is 16.3 Å². The summed E-state index contributed by atoms with van der Waals surface area (Å²) in [6, 6.07) is 7.41. The first-order valence-corrected chi connectivity index (χ1v) is 9.53. The van der Waals surface area contributed by atoms with Gasteiger partial charge in [-0.3, -0.25) is 0 Å². The Morgan fingerprint density at radius 3 is 2.32 bits per heavy atom. The second-order valence-electron chi connectivity index (χ2n) is 8.04. The van der Waals surface area contributed by atoms with Crippen molar-refractivity contribution in [2.45, 2.75) is 53.2 Å². The van der Waals surface area contributed by atoms with Crippen LogP contribution in [0, 0.1) is 20.8 Å². The fraction of sp³-hybridized carbons (Fsp3) is 0.364. The maximum Gasteiger partial charge on any atom is 0.337 e. The number of aromatic amines is 1. The van der Waals surface area contributed by atoms with Gasteiger partial charge in [0.1, 0.15) is 5.65 Å². The smallest absolute Gasteiger partial charge is 0.337 e. The van der Waals surface area contributed by atoms with Gasteiger partial charge in [0.15, 0.2) is 6.10 Å². The molecule has 0 saturated carbocycles. The number of hydrogen-bond donors (Lipinski definition) is 2. The van der Waals surface area contributed by atoms with E-state index in [-0.39, 0.29) is 0 Å². The second kappa shape index (κ2) is 7.22. The van der Waals surface area contributed by atoms with Gasteiger partial charge < -0.3 is 14.8 Å². The molecule has 0 aliphatic rings. The predicted molar refractivity (Wildman–Crippen MR) is 112 cm³/mol. The largest absolute Gasteiger partial charge is 0.479 e. The van der Waals surface area contributed by atoms with E-state index in [2.05, 4.69) is 9.97 Å². The lowest BCUT2D eigenvalue weighted by molar-refractivity contribution is -0.160. The molecule has 0 aliphatic heterocycles. The Morgan fingerprint density at radius 1 is 1.18 bits per heavy atom. The Balaban J connectivity index is 2.42. The van der Waals surface area contributed by atoms with Crippen LogP contribution in [-0.2, 0) is 9.53 Å². The number of aliphatic carboxylic acids is 1. The van der Waals surface area contributed by atoms with Crippen LogP contribution in [0.15, 0.2) is 24.3 Å². The summed E-state index contributed by atoms with van der Waals surface area (Å²) < 4.78 is 5.97. The molecule has 28 heavy (non-hydrogen) atoms. The number of nitrogens with zero attached hydrogens (tertiary/aromatic N) is 1. The highest BCUT2D eigenvalue weighted by molar-refractivity contribution is 6.30. The first-order valence-electron chi connectivity index (χ1n) is 9.15. The van der Waals surface area contributed by atoms with E-state index in [0.717, 1.165) is 33.4 Å². The van der Waals surface area contributed by atoms with Crippen molar-refractivity contribution in [3.63, 3.8) is 0 Å². The van der Waals surface area contributed by atoms with Gasteiger partial charge >= 0.3 is 5.97 Å². The van der Waals surface area contributed by atoms with Crippen LogP contribution in [0.4, 0.5) is 0 Å². The monoisotopic (exact) mass is 400 g/mol. The lowest BCUT2D eigenvalue weighted by Crippen LogP contribution is -2.28. The quantitative estimate of drug-likeness (QED) is 0.584. The predicted octanol–water partition coefficient (Wildman–Crippen LogP) is 5.75. The number of benzene rings is 1. The lowest BCUT2D eigenvalue weighted by atomic mass is 9.91. The molecule has 3 rings (SSSR count). The number of aromatic nitrogens is 2. The number of carboxylic acids is 1. The molecule has 2 aromatic heterocycles. The third kappa shape index (κ3) is 3.77. The van der Waals surface area contributed by atoms with Gasteiger partial charge in [-0.05, 0) is 64.8 Å². The molecule has 6 heteroatoms. The van der Waals surface area contributed by atoms with Gasteiger partial charge in [-0.15, -0.1) is 0 Å². The van der Waals surface area contributed by atoms with Gasteiger partial charge in [0.25, 0.3) is 0 Å². The summed E-state index contributed by atoms with van der Waals surface area (Å²) in [5.74, 6) is -1.04. The number of halogens is 1. The molecule has 2 N–H and O–H groups in total. The Hall–Kier alpha value is -2.37. The van der Waals surface area contributed by atoms with Gasteiger partial charge in [-0.2, -0.15) is 0 Å². The molecule has 148 valence electrons. The standard InChI is InChI=1S/C22H25ClN2O3/c1-11-12(2)24-20-16(11)18(14-7-9-15(23)10-8-14)17(13(3)25-20)19(21(26)27)28-22(4,5)6/h7-10,19H,1-6H3,(H,24,25)(H,26,27). The maximum atomic E-state index is 12.2. The molecule has 3 aromatic rings. The van der Waals surface area contributed by atoms with Crippen LogP contribution in [0.3, 0.4) is 0 Å². The Labute approximate surface area is 169 Å². The van der Waals surface area contributed by atoms with Crippen LogP contribution in [0.1, 0.15) is 49.4 Å². The van der Waals surface area contributed by atoms with E-state index in [9.17, 15) is 9.90 Å². The highest BCUT2D eigenvalue weighted by Gasteiger charge is 2.33. The van der Waals surface area contributed by atoms with E-state index >= 15 is 0 Å². The average molecular weight is 401 g/mol. The van der Waals surface area contributed by atoms with E-state index in [1.807, 2.05) is 53.7 Å². The van der Waals surface area contributed by atoms with Gasteiger partial charge in [0.05, 0.1) is 5.60 Å². The molecule has 0 spiro atoms. The molecule has 1 aromatic carbocycles. The number of nitrogens with one attached hydrogen (secondary N) is 1. The number of rotatable bonds is 4. The first kappa shape index (κ1) is 20.4. The first-order chi connectivity index (χ1) is 13.0. The zero-order valence-corrected chi connectivity index (χ0v) is 17.7. The van der Waals surface area contributed by atoms with Crippen molar-refractivity contribution in [3.8, 4) is 11.1 Å². The van der Waals surface area contributed by atoms with Crippen LogP contribution in [-0.4, -0.2) is 26.6 Å². The number of carboxylic acid groups (broad SMARTS) is 1.